The van der Waals surface area contributed by atoms with Crippen LogP contribution in [0.2, 0.25) is 5.02 Å². The Balaban J connectivity index is 1.43. The Labute approximate surface area is 233 Å². The van der Waals surface area contributed by atoms with E-state index in [1.165, 1.54) is 19.4 Å². The molecule has 214 valence electrons. The van der Waals surface area contributed by atoms with Crippen LogP contribution in [0.3, 0.4) is 0 Å². The zero-order valence-electron chi connectivity index (χ0n) is 21.0. The number of urea groups is 1. The molecule has 1 aromatic heterocycles. The van der Waals surface area contributed by atoms with Gasteiger partial charge in [-0.15, -0.1) is 0 Å². The van der Waals surface area contributed by atoms with E-state index >= 15 is 0 Å². The Bertz CT molecular complexity index is 1460. The van der Waals surface area contributed by atoms with E-state index in [0.29, 0.717) is 29.2 Å². The highest BCUT2D eigenvalue weighted by atomic mass is 35.5. The molecule has 0 aliphatic carbocycles. The zero-order chi connectivity index (χ0) is 28.9. The lowest BCUT2D eigenvalue weighted by molar-refractivity contribution is -0.137. The summed E-state index contributed by atoms with van der Waals surface area (Å²) in [6.07, 6.45) is -1.58. The lowest BCUT2D eigenvalue weighted by Crippen LogP contribution is -2.33. The number of nitrogens with one attached hydrogen (secondary N) is 3. The first kappa shape index (κ1) is 29.6. The number of ether oxygens (including phenoxy) is 2. The summed E-state index contributed by atoms with van der Waals surface area (Å²) in [7, 11) is -2.29. The maximum Gasteiger partial charge on any atom is 0.417 e. The summed E-state index contributed by atoms with van der Waals surface area (Å²) in [5, 5.41) is 3.53. The van der Waals surface area contributed by atoms with Gasteiger partial charge in [0.05, 0.1) is 35.7 Å². The average Bonchev–Trinajstić information content (AvgIpc) is 3.30. The van der Waals surface area contributed by atoms with Crippen molar-refractivity contribution in [1.82, 2.24) is 9.71 Å². The Morgan fingerprint density at radius 1 is 1.10 bits per heavy atom. The van der Waals surface area contributed by atoms with Crippen molar-refractivity contribution in [3.8, 4) is 0 Å². The van der Waals surface area contributed by atoms with E-state index in [9.17, 15) is 26.4 Å². The summed E-state index contributed by atoms with van der Waals surface area (Å²) in [5.74, 6) is 0. The monoisotopic (exact) mass is 599 g/mol. The molecule has 3 N–H and O–H groups in total. The van der Waals surface area contributed by atoms with Crippen LogP contribution in [0, 0.1) is 0 Å². The van der Waals surface area contributed by atoms with Crippen LogP contribution in [0.25, 0.3) is 0 Å². The minimum absolute atomic E-state index is 0.0861. The number of hydrogen-bond donors (Lipinski definition) is 3. The number of anilines is 4. The molecular formula is C25H25ClF3N5O5S. The van der Waals surface area contributed by atoms with E-state index in [-0.39, 0.29) is 25.6 Å². The summed E-state index contributed by atoms with van der Waals surface area (Å²) in [4.78, 5) is 18.3. The molecule has 0 saturated carbocycles. The molecule has 2 amide bonds. The van der Waals surface area contributed by atoms with E-state index < -0.39 is 38.1 Å². The zero-order valence-corrected chi connectivity index (χ0v) is 22.6. The first-order valence-corrected chi connectivity index (χ1v) is 13.7. The molecular weight excluding hydrogens is 575 g/mol. The van der Waals surface area contributed by atoms with E-state index in [1.54, 1.807) is 41.4 Å². The first-order valence-electron chi connectivity index (χ1n) is 11.8. The number of alkyl halides is 3. The number of carbonyl (C=O) groups is 1. The van der Waals surface area contributed by atoms with Crippen LogP contribution in [0.4, 0.5) is 40.7 Å². The SMILES string of the molecule is COCCOCNS(=O)(=O)C1CN(c2ccc(NC(=O)Nc3ccc(Cl)c(C(F)(F)F)c3)cc2)c2cnccc21. The molecule has 4 rings (SSSR count). The van der Waals surface area contributed by atoms with Gasteiger partial charge in [0.1, 0.15) is 12.0 Å². The lowest BCUT2D eigenvalue weighted by atomic mass is 10.2. The van der Waals surface area contributed by atoms with Crippen LogP contribution in [0.1, 0.15) is 16.4 Å². The molecule has 10 nitrogen and oxygen atoms in total. The van der Waals surface area contributed by atoms with Crippen molar-refractivity contribution < 1.29 is 35.9 Å². The second kappa shape index (κ2) is 12.4. The fourth-order valence-electron chi connectivity index (χ4n) is 4.04. The maximum atomic E-state index is 13.1. The molecule has 0 fully saturated rings. The molecule has 1 atom stereocenters. The molecule has 15 heteroatoms. The highest BCUT2D eigenvalue weighted by molar-refractivity contribution is 7.89. The van der Waals surface area contributed by atoms with Gasteiger partial charge in [-0.3, -0.25) is 4.98 Å². The van der Waals surface area contributed by atoms with Gasteiger partial charge in [0.2, 0.25) is 10.0 Å². The van der Waals surface area contributed by atoms with E-state index in [1.807, 2.05) is 0 Å². The number of rotatable bonds is 10. The van der Waals surface area contributed by atoms with E-state index in [0.717, 1.165) is 12.1 Å². The van der Waals surface area contributed by atoms with E-state index in [4.69, 9.17) is 21.1 Å². The minimum atomic E-state index is -4.67. The van der Waals surface area contributed by atoms with Crippen molar-refractivity contribution in [2.45, 2.75) is 11.4 Å². The topological polar surface area (TPSA) is 122 Å². The number of carbonyl (C=O) groups excluding carboxylic acids is 1. The van der Waals surface area contributed by atoms with Gasteiger partial charge < -0.3 is 25.0 Å². The van der Waals surface area contributed by atoms with Gasteiger partial charge in [-0.2, -0.15) is 17.9 Å². The predicted octanol–water partition coefficient (Wildman–Crippen LogP) is 5.13. The van der Waals surface area contributed by atoms with Crippen LogP contribution in [-0.4, -0.2) is 53.0 Å². The first-order chi connectivity index (χ1) is 19.0. The molecule has 3 aromatic rings. The number of pyridine rings is 1. The molecule has 40 heavy (non-hydrogen) atoms. The van der Waals surface area contributed by atoms with Crippen LogP contribution < -0.4 is 20.3 Å². The third-order valence-corrected chi connectivity index (χ3v) is 7.96. The van der Waals surface area contributed by atoms with Crippen LogP contribution in [0.15, 0.2) is 60.9 Å². The molecule has 0 bridgehead atoms. The summed E-state index contributed by atoms with van der Waals surface area (Å²) in [5.41, 5.74) is 1.03. The van der Waals surface area contributed by atoms with Gasteiger partial charge in [-0.25, -0.2) is 13.2 Å². The fraction of sp³-hybridized carbons (Fsp3) is 0.280. The third-order valence-electron chi connectivity index (χ3n) is 5.95. The number of sulfonamides is 1. The lowest BCUT2D eigenvalue weighted by Gasteiger charge is -2.20. The molecule has 0 saturated heterocycles. The Morgan fingerprint density at radius 3 is 2.50 bits per heavy atom. The molecule has 0 spiro atoms. The fourth-order valence-corrected chi connectivity index (χ4v) is 5.60. The Hall–Kier alpha value is -3.43. The van der Waals surface area contributed by atoms with E-state index in [2.05, 4.69) is 20.3 Å². The van der Waals surface area contributed by atoms with Crippen LogP contribution in [0.5, 0.6) is 0 Å². The van der Waals surface area contributed by atoms with Gasteiger partial charge in [0.25, 0.3) is 0 Å². The smallest absolute Gasteiger partial charge is 0.382 e. The summed E-state index contributed by atoms with van der Waals surface area (Å²) in [6.45, 7) is 0.488. The number of amides is 2. The maximum absolute atomic E-state index is 13.1. The highest BCUT2D eigenvalue weighted by Crippen LogP contribution is 2.42. The van der Waals surface area contributed by atoms with Crippen molar-refractivity contribution >= 4 is 50.4 Å². The molecule has 1 unspecified atom stereocenters. The number of nitrogens with zero attached hydrogens (tertiary/aromatic N) is 2. The number of halogens is 4. The normalized spacial score (nSPS) is 15.1. The van der Waals surface area contributed by atoms with Crippen LogP contribution >= 0.6 is 11.6 Å². The highest BCUT2D eigenvalue weighted by Gasteiger charge is 2.38. The summed E-state index contributed by atoms with van der Waals surface area (Å²) >= 11 is 5.62. The number of aromatic nitrogens is 1. The molecule has 1 aliphatic heterocycles. The number of hydrogen-bond acceptors (Lipinski definition) is 7. The third kappa shape index (κ3) is 7.01. The van der Waals surface area contributed by atoms with Gasteiger partial charge >= 0.3 is 12.2 Å². The van der Waals surface area contributed by atoms with Gasteiger partial charge in [-0.05, 0) is 48.5 Å². The Morgan fingerprint density at radius 2 is 1.80 bits per heavy atom. The van der Waals surface area contributed by atoms with Gasteiger partial charge in [-0.1, -0.05) is 11.6 Å². The van der Waals surface area contributed by atoms with Crippen molar-refractivity contribution in [3.05, 3.63) is 77.1 Å². The van der Waals surface area contributed by atoms with Crippen molar-refractivity contribution in [3.63, 3.8) is 0 Å². The molecule has 2 heterocycles. The second-order valence-corrected chi connectivity index (χ2v) is 10.9. The largest absolute Gasteiger partial charge is 0.417 e. The Kier molecular flexibility index (Phi) is 9.15. The average molecular weight is 600 g/mol. The molecule has 0 radical (unpaired) electrons. The van der Waals surface area contributed by atoms with Crippen molar-refractivity contribution in [2.75, 3.05) is 49.1 Å². The predicted molar refractivity (Wildman–Crippen MR) is 144 cm³/mol. The van der Waals surface area contributed by atoms with Crippen LogP contribution in [-0.2, 0) is 25.7 Å². The van der Waals surface area contributed by atoms with Crippen molar-refractivity contribution in [1.29, 1.82) is 0 Å². The quantitative estimate of drug-likeness (QED) is 0.218. The van der Waals surface area contributed by atoms with Gasteiger partial charge in [0.15, 0.2) is 0 Å². The van der Waals surface area contributed by atoms with Crippen molar-refractivity contribution in [2.24, 2.45) is 0 Å². The standard InChI is InChI=1S/C25H25ClF3N5O5S/c1-38-10-11-39-15-31-40(36,37)23-14-34(22-13-30-9-8-19(22)23)18-5-2-16(3-6-18)32-24(35)33-17-4-7-21(26)20(12-17)25(27,28)29/h2-9,12-13,23,31H,10-11,14-15H2,1H3,(H2,32,33,35). The number of fused-ring (bicyclic) bond motifs is 1. The number of methoxy groups -OCH3 is 1. The summed E-state index contributed by atoms with van der Waals surface area (Å²) in [6, 6.07) is 10.4. The number of benzene rings is 2. The second-order valence-electron chi connectivity index (χ2n) is 8.59. The molecule has 1 aliphatic rings. The summed E-state index contributed by atoms with van der Waals surface area (Å²) < 4.78 is 77.9. The van der Waals surface area contributed by atoms with Gasteiger partial charge in [0, 0.05) is 42.5 Å². The minimum Gasteiger partial charge on any atom is -0.382 e. The molecule has 2 aromatic carbocycles.